The fraction of sp³-hybridized carbons (Fsp3) is 0.647. The summed E-state index contributed by atoms with van der Waals surface area (Å²) < 4.78 is 5.15. The largest absolute Gasteiger partial charge is 0.451 e. The van der Waals surface area contributed by atoms with E-state index in [2.05, 4.69) is 5.32 Å². The molecule has 4 nitrogen and oxygen atoms in total. The Hall–Kier alpha value is -1.36. The van der Waals surface area contributed by atoms with E-state index in [1.54, 1.807) is 0 Å². The van der Waals surface area contributed by atoms with Crippen LogP contribution in [0.1, 0.15) is 66.1 Å². The van der Waals surface area contributed by atoms with Gasteiger partial charge in [0.05, 0.1) is 0 Å². The van der Waals surface area contributed by atoms with Gasteiger partial charge in [-0.05, 0) is 50.2 Å². The first-order valence-corrected chi connectivity index (χ1v) is 9.03. The maximum absolute atomic E-state index is 12.1. The molecule has 1 amide bonds. The van der Waals surface area contributed by atoms with Crippen LogP contribution in [0.25, 0.3) is 0 Å². The first kappa shape index (κ1) is 17.0. The molecule has 22 heavy (non-hydrogen) atoms. The summed E-state index contributed by atoms with van der Waals surface area (Å²) in [6, 6.07) is 2.11. The van der Waals surface area contributed by atoms with E-state index in [9.17, 15) is 9.59 Å². The predicted molar refractivity (Wildman–Crippen MR) is 88.4 cm³/mol. The highest BCUT2D eigenvalue weighted by Crippen LogP contribution is 2.29. The second-order valence-corrected chi connectivity index (χ2v) is 6.91. The maximum Gasteiger partial charge on any atom is 0.348 e. The van der Waals surface area contributed by atoms with Gasteiger partial charge in [0.1, 0.15) is 4.88 Å². The highest BCUT2D eigenvalue weighted by atomic mass is 32.1. The number of esters is 1. The molecule has 1 aromatic heterocycles. The molecule has 122 valence electrons. The predicted octanol–water partition coefficient (Wildman–Crippen LogP) is 3.48. The molecule has 5 heteroatoms. The van der Waals surface area contributed by atoms with Gasteiger partial charge < -0.3 is 10.1 Å². The number of carbonyl (C=O) groups excluding carboxylic acids is 2. The van der Waals surface area contributed by atoms with Gasteiger partial charge in [0, 0.05) is 10.9 Å². The lowest BCUT2D eigenvalue weighted by molar-refractivity contribution is -0.125. The molecular formula is C17H25NO3S. The Balaban J connectivity index is 1.86. The van der Waals surface area contributed by atoms with Crippen LogP contribution < -0.4 is 5.32 Å². The first-order chi connectivity index (χ1) is 10.6. The third-order valence-electron chi connectivity index (χ3n) is 4.13. The van der Waals surface area contributed by atoms with E-state index in [0.29, 0.717) is 4.88 Å². The number of hydrogen-bond donors (Lipinski definition) is 1. The summed E-state index contributed by atoms with van der Waals surface area (Å²) in [6.45, 7) is 3.86. The molecule has 0 bridgehead atoms. The van der Waals surface area contributed by atoms with Crippen LogP contribution >= 0.6 is 11.3 Å². The Kier molecular flexibility index (Phi) is 6.43. The zero-order valence-electron chi connectivity index (χ0n) is 13.4. The number of thiophene rings is 1. The van der Waals surface area contributed by atoms with Crippen molar-refractivity contribution in [3.8, 4) is 0 Å². The van der Waals surface area contributed by atoms with Gasteiger partial charge >= 0.3 is 5.97 Å². The van der Waals surface area contributed by atoms with Gasteiger partial charge in [-0.3, -0.25) is 4.79 Å². The Labute approximate surface area is 136 Å². The van der Waals surface area contributed by atoms with Crippen molar-refractivity contribution in [1.82, 2.24) is 5.32 Å². The van der Waals surface area contributed by atoms with Crippen molar-refractivity contribution in [3.05, 3.63) is 21.4 Å². The summed E-state index contributed by atoms with van der Waals surface area (Å²) in [5.74, 6) is -0.599. The zero-order chi connectivity index (χ0) is 15.9. The average Bonchev–Trinajstić information content (AvgIpc) is 2.81. The monoisotopic (exact) mass is 323 g/mol. The first-order valence-electron chi connectivity index (χ1n) is 8.22. The minimum atomic E-state index is -0.377. The SMILES string of the molecule is CCC(CC)NC(=O)COC(=O)c1cc2c(s1)CCCCC2. The van der Waals surface area contributed by atoms with Crippen molar-refractivity contribution in [2.75, 3.05) is 6.61 Å². The van der Waals surface area contributed by atoms with Crippen LogP contribution in [0, 0.1) is 0 Å². The molecule has 2 rings (SSSR count). The molecule has 1 aliphatic carbocycles. The van der Waals surface area contributed by atoms with Crippen molar-refractivity contribution in [3.63, 3.8) is 0 Å². The van der Waals surface area contributed by atoms with Crippen molar-refractivity contribution >= 4 is 23.2 Å². The Morgan fingerprint density at radius 3 is 2.68 bits per heavy atom. The van der Waals surface area contributed by atoms with E-state index >= 15 is 0 Å². The molecule has 0 spiro atoms. The second-order valence-electron chi connectivity index (χ2n) is 5.78. The van der Waals surface area contributed by atoms with Crippen LogP contribution in [0.4, 0.5) is 0 Å². The molecule has 0 aliphatic heterocycles. The van der Waals surface area contributed by atoms with Crippen LogP contribution in [0.15, 0.2) is 6.07 Å². The topological polar surface area (TPSA) is 55.4 Å². The Morgan fingerprint density at radius 1 is 1.23 bits per heavy atom. The molecule has 0 fully saturated rings. The van der Waals surface area contributed by atoms with Crippen molar-refractivity contribution in [2.45, 2.75) is 64.8 Å². The minimum Gasteiger partial charge on any atom is -0.451 e. The number of rotatable bonds is 6. The van der Waals surface area contributed by atoms with E-state index < -0.39 is 0 Å². The summed E-state index contributed by atoms with van der Waals surface area (Å²) in [7, 11) is 0. The summed E-state index contributed by atoms with van der Waals surface area (Å²) in [4.78, 5) is 25.8. The fourth-order valence-electron chi connectivity index (χ4n) is 2.73. The highest BCUT2D eigenvalue weighted by molar-refractivity contribution is 7.14. The fourth-order valence-corrected chi connectivity index (χ4v) is 3.88. The molecule has 0 saturated heterocycles. The van der Waals surface area contributed by atoms with Gasteiger partial charge in [-0.25, -0.2) is 4.79 Å². The number of carbonyl (C=O) groups is 2. The molecular weight excluding hydrogens is 298 g/mol. The molecule has 0 unspecified atom stereocenters. The van der Waals surface area contributed by atoms with Gasteiger partial charge in [-0.1, -0.05) is 20.3 Å². The number of nitrogens with one attached hydrogen (secondary N) is 1. The lowest BCUT2D eigenvalue weighted by Crippen LogP contribution is -2.36. The third-order valence-corrected chi connectivity index (χ3v) is 5.35. The van der Waals surface area contributed by atoms with Gasteiger partial charge in [-0.2, -0.15) is 0 Å². The summed E-state index contributed by atoms with van der Waals surface area (Å²) in [5, 5.41) is 2.87. The zero-order valence-corrected chi connectivity index (χ0v) is 14.3. The quantitative estimate of drug-likeness (QED) is 0.644. The minimum absolute atomic E-state index is 0.156. The molecule has 0 atom stereocenters. The van der Waals surface area contributed by atoms with Gasteiger partial charge in [0.15, 0.2) is 6.61 Å². The van der Waals surface area contributed by atoms with Gasteiger partial charge in [0.2, 0.25) is 0 Å². The summed E-state index contributed by atoms with van der Waals surface area (Å²) in [5.41, 5.74) is 1.29. The molecule has 1 aliphatic rings. The summed E-state index contributed by atoms with van der Waals surface area (Å²) in [6.07, 6.45) is 7.52. The molecule has 0 aromatic carbocycles. The number of amides is 1. The second kappa shape index (κ2) is 8.32. The normalized spacial score (nSPS) is 14.3. The van der Waals surface area contributed by atoms with Crippen molar-refractivity contribution in [2.24, 2.45) is 0 Å². The van der Waals surface area contributed by atoms with E-state index in [-0.39, 0.29) is 24.5 Å². The van der Waals surface area contributed by atoms with E-state index in [0.717, 1.165) is 25.7 Å². The number of ether oxygens (including phenoxy) is 1. The standard InChI is InChI=1S/C17H25NO3S/c1-3-13(4-2)18-16(19)11-21-17(20)15-10-12-8-6-5-7-9-14(12)22-15/h10,13H,3-9,11H2,1-2H3,(H,18,19). The Bertz CT molecular complexity index is 496. The third kappa shape index (κ3) is 4.57. The average molecular weight is 323 g/mol. The van der Waals surface area contributed by atoms with Crippen LogP contribution in [0.3, 0.4) is 0 Å². The molecule has 1 N–H and O–H groups in total. The number of fused-ring (bicyclic) bond motifs is 1. The molecule has 1 heterocycles. The molecule has 0 radical (unpaired) electrons. The van der Waals surface area contributed by atoms with Crippen molar-refractivity contribution < 1.29 is 14.3 Å². The van der Waals surface area contributed by atoms with Gasteiger partial charge in [0.25, 0.3) is 5.91 Å². The van der Waals surface area contributed by atoms with E-state index in [1.807, 2.05) is 19.9 Å². The van der Waals surface area contributed by atoms with Crippen molar-refractivity contribution in [1.29, 1.82) is 0 Å². The van der Waals surface area contributed by atoms with Crippen LogP contribution in [-0.2, 0) is 22.4 Å². The van der Waals surface area contributed by atoms with Crippen LogP contribution in [0.2, 0.25) is 0 Å². The summed E-state index contributed by atoms with van der Waals surface area (Å²) >= 11 is 1.53. The number of hydrogen-bond acceptors (Lipinski definition) is 4. The maximum atomic E-state index is 12.1. The highest BCUT2D eigenvalue weighted by Gasteiger charge is 2.18. The molecule has 1 aromatic rings. The van der Waals surface area contributed by atoms with Gasteiger partial charge in [-0.15, -0.1) is 11.3 Å². The Morgan fingerprint density at radius 2 is 1.95 bits per heavy atom. The molecule has 0 saturated carbocycles. The van der Waals surface area contributed by atoms with E-state index in [4.69, 9.17) is 4.74 Å². The van der Waals surface area contributed by atoms with E-state index in [1.165, 1.54) is 41.0 Å². The van der Waals surface area contributed by atoms with Crippen LogP contribution in [0.5, 0.6) is 0 Å². The van der Waals surface area contributed by atoms with Crippen LogP contribution in [-0.4, -0.2) is 24.5 Å². The lowest BCUT2D eigenvalue weighted by Gasteiger charge is -2.14. The number of aryl methyl sites for hydroxylation is 2. The lowest BCUT2D eigenvalue weighted by atomic mass is 10.1. The smallest absolute Gasteiger partial charge is 0.348 e.